The molecule has 29 heavy (non-hydrogen) atoms. The molecule has 4 rings (SSSR count). The van der Waals surface area contributed by atoms with Crippen LogP contribution in [-0.2, 0) is 5.54 Å². The standard InChI is InChI=1S/C24H22N4O/c1-17-15-20(11-14-26-17)19-5-9-22(10-6-19)27-23(29)28-24(12-2-13-24)21-7-3-18(16-25)4-8-21/h3-11,14-15H,2,12-13H2,1H3,(H2,27,28,29). The van der Waals surface area contributed by atoms with E-state index in [0.717, 1.165) is 47.3 Å². The molecule has 2 amide bonds. The van der Waals surface area contributed by atoms with E-state index in [2.05, 4.69) is 21.7 Å². The Morgan fingerprint density at radius 1 is 1.03 bits per heavy atom. The fourth-order valence-corrected chi connectivity index (χ4v) is 3.73. The molecule has 3 aromatic rings. The third-order valence-electron chi connectivity index (χ3n) is 5.50. The van der Waals surface area contributed by atoms with Crippen LogP contribution in [-0.4, -0.2) is 11.0 Å². The van der Waals surface area contributed by atoms with Crippen molar-refractivity contribution in [3.05, 3.63) is 83.7 Å². The van der Waals surface area contributed by atoms with Gasteiger partial charge in [-0.3, -0.25) is 4.98 Å². The summed E-state index contributed by atoms with van der Waals surface area (Å²) in [5, 5.41) is 15.1. The maximum absolute atomic E-state index is 12.6. The molecular weight excluding hydrogens is 360 g/mol. The van der Waals surface area contributed by atoms with Gasteiger partial charge in [-0.25, -0.2) is 4.79 Å². The van der Waals surface area contributed by atoms with E-state index >= 15 is 0 Å². The predicted molar refractivity (Wildman–Crippen MR) is 113 cm³/mol. The molecule has 1 heterocycles. The SMILES string of the molecule is Cc1cc(-c2ccc(NC(=O)NC3(c4ccc(C#N)cc4)CCC3)cc2)ccn1. The lowest BCUT2D eigenvalue weighted by Gasteiger charge is -2.43. The minimum atomic E-state index is -0.355. The van der Waals surface area contributed by atoms with Crippen LogP contribution in [0.25, 0.3) is 11.1 Å². The number of rotatable bonds is 4. The van der Waals surface area contributed by atoms with E-state index in [9.17, 15) is 4.79 Å². The highest BCUT2D eigenvalue weighted by molar-refractivity contribution is 5.90. The number of hydrogen-bond acceptors (Lipinski definition) is 3. The van der Waals surface area contributed by atoms with E-state index in [4.69, 9.17) is 5.26 Å². The molecule has 0 radical (unpaired) electrons. The zero-order chi connectivity index (χ0) is 20.3. The van der Waals surface area contributed by atoms with Crippen LogP contribution in [0.15, 0.2) is 66.9 Å². The number of aromatic nitrogens is 1. The first-order valence-electron chi connectivity index (χ1n) is 9.71. The molecule has 0 unspecified atom stereocenters. The molecule has 144 valence electrons. The first kappa shape index (κ1) is 18.7. The van der Waals surface area contributed by atoms with Gasteiger partial charge in [0.2, 0.25) is 0 Å². The number of carbonyl (C=O) groups excluding carboxylic acids is 1. The molecular formula is C24H22N4O. The van der Waals surface area contributed by atoms with E-state index in [0.29, 0.717) is 5.56 Å². The third-order valence-corrected chi connectivity index (χ3v) is 5.50. The van der Waals surface area contributed by atoms with Crippen molar-refractivity contribution in [2.45, 2.75) is 31.7 Å². The van der Waals surface area contributed by atoms with Gasteiger partial charge in [-0.1, -0.05) is 24.3 Å². The van der Waals surface area contributed by atoms with Gasteiger partial charge in [-0.15, -0.1) is 0 Å². The number of hydrogen-bond donors (Lipinski definition) is 2. The average molecular weight is 382 g/mol. The number of pyridine rings is 1. The van der Waals surface area contributed by atoms with Gasteiger partial charge in [0.1, 0.15) is 0 Å². The number of benzene rings is 2. The number of nitrogens with zero attached hydrogens (tertiary/aromatic N) is 2. The quantitative estimate of drug-likeness (QED) is 0.657. The van der Waals surface area contributed by atoms with Crippen molar-refractivity contribution in [2.24, 2.45) is 0 Å². The topological polar surface area (TPSA) is 77.8 Å². The van der Waals surface area contributed by atoms with Gasteiger partial charge >= 0.3 is 6.03 Å². The third kappa shape index (κ3) is 3.97. The lowest BCUT2D eigenvalue weighted by atomic mass is 9.72. The zero-order valence-electron chi connectivity index (χ0n) is 16.3. The summed E-state index contributed by atoms with van der Waals surface area (Å²) in [6.07, 6.45) is 4.66. The maximum Gasteiger partial charge on any atom is 0.319 e. The summed E-state index contributed by atoms with van der Waals surface area (Å²) < 4.78 is 0. The average Bonchev–Trinajstić information content (AvgIpc) is 2.71. The van der Waals surface area contributed by atoms with Crippen LogP contribution in [0.3, 0.4) is 0 Å². The second-order valence-electron chi connectivity index (χ2n) is 7.47. The van der Waals surface area contributed by atoms with E-state index < -0.39 is 0 Å². The number of nitrogens with one attached hydrogen (secondary N) is 2. The van der Waals surface area contributed by atoms with Gasteiger partial charge in [0, 0.05) is 17.6 Å². The molecule has 1 fully saturated rings. The second-order valence-corrected chi connectivity index (χ2v) is 7.47. The minimum Gasteiger partial charge on any atom is -0.328 e. The summed E-state index contributed by atoms with van der Waals surface area (Å²) in [6, 6.07) is 21.2. The number of aryl methyl sites for hydroxylation is 1. The normalized spacial score (nSPS) is 14.3. The number of nitriles is 1. The maximum atomic E-state index is 12.6. The van der Waals surface area contributed by atoms with Gasteiger partial charge in [0.15, 0.2) is 0 Å². The summed E-state index contributed by atoms with van der Waals surface area (Å²) in [5.74, 6) is 0. The van der Waals surface area contributed by atoms with Crippen molar-refractivity contribution in [1.29, 1.82) is 5.26 Å². The van der Waals surface area contributed by atoms with E-state index in [1.54, 1.807) is 18.3 Å². The Labute approximate surface area is 170 Å². The Hall–Kier alpha value is -3.65. The lowest BCUT2D eigenvalue weighted by molar-refractivity contribution is 0.185. The molecule has 1 aliphatic rings. The van der Waals surface area contributed by atoms with Crippen LogP contribution in [0.1, 0.15) is 36.1 Å². The second kappa shape index (κ2) is 7.76. The summed E-state index contributed by atoms with van der Waals surface area (Å²) in [6.45, 7) is 1.97. The Morgan fingerprint density at radius 3 is 2.34 bits per heavy atom. The molecule has 2 N–H and O–H groups in total. The van der Waals surface area contributed by atoms with Crippen molar-refractivity contribution >= 4 is 11.7 Å². The van der Waals surface area contributed by atoms with Crippen LogP contribution < -0.4 is 10.6 Å². The van der Waals surface area contributed by atoms with Crippen molar-refractivity contribution in [3.63, 3.8) is 0 Å². The fourth-order valence-electron chi connectivity index (χ4n) is 3.73. The van der Waals surface area contributed by atoms with Gasteiger partial charge in [0.05, 0.1) is 17.2 Å². The van der Waals surface area contributed by atoms with Crippen LogP contribution in [0.5, 0.6) is 0 Å². The van der Waals surface area contributed by atoms with Crippen LogP contribution in [0.4, 0.5) is 10.5 Å². The summed E-state index contributed by atoms with van der Waals surface area (Å²) in [7, 11) is 0. The molecule has 5 nitrogen and oxygen atoms in total. The Kier molecular flexibility index (Phi) is 5.01. The first-order valence-corrected chi connectivity index (χ1v) is 9.71. The Morgan fingerprint density at radius 2 is 1.76 bits per heavy atom. The number of urea groups is 1. The highest BCUT2D eigenvalue weighted by atomic mass is 16.2. The fraction of sp³-hybridized carbons (Fsp3) is 0.208. The van der Waals surface area contributed by atoms with Gasteiger partial charge in [-0.05, 0) is 79.3 Å². The number of anilines is 1. The highest BCUT2D eigenvalue weighted by Gasteiger charge is 2.40. The van der Waals surface area contributed by atoms with Crippen molar-refractivity contribution < 1.29 is 4.79 Å². The summed E-state index contributed by atoms with van der Waals surface area (Å²) >= 11 is 0. The van der Waals surface area contributed by atoms with E-state index in [-0.39, 0.29) is 11.6 Å². The Balaban J connectivity index is 1.44. The van der Waals surface area contributed by atoms with Crippen molar-refractivity contribution in [1.82, 2.24) is 10.3 Å². The van der Waals surface area contributed by atoms with Gasteiger partial charge in [-0.2, -0.15) is 5.26 Å². The largest absolute Gasteiger partial charge is 0.328 e. The molecule has 1 aliphatic carbocycles. The molecule has 5 heteroatoms. The van der Waals surface area contributed by atoms with Crippen molar-refractivity contribution in [2.75, 3.05) is 5.32 Å². The molecule has 0 atom stereocenters. The minimum absolute atomic E-state index is 0.221. The molecule has 1 aromatic heterocycles. The molecule has 2 aromatic carbocycles. The first-order chi connectivity index (χ1) is 14.1. The monoisotopic (exact) mass is 382 g/mol. The predicted octanol–water partition coefficient (Wildman–Crippen LogP) is 5.13. The van der Waals surface area contributed by atoms with Gasteiger partial charge < -0.3 is 10.6 Å². The number of carbonyl (C=O) groups is 1. The smallest absolute Gasteiger partial charge is 0.319 e. The highest BCUT2D eigenvalue weighted by Crippen LogP contribution is 2.41. The van der Waals surface area contributed by atoms with Crippen LogP contribution in [0.2, 0.25) is 0 Å². The van der Waals surface area contributed by atoms with Crippen LogP contribution in [0, 0.1) is 18.3 Å². The summed E-state index contributed by atoms with van der Waals surface area (Å²) in [5.41, 5.74) is 5.20. The summed E-state index contributed by atoms with van der Waals surface area (Å²) in [4.78, 5) is 16.9. The molecule has 1 saturated carbocycles. The molecule has 0 aliphatic heterocycles. The van der Waals surface area contributed by atoms with Gasteiger partial charge in [0.25, 0.3) is 0 Å². The van der Waals surface area contributed by atoms with Crippen molar-refractivity contribution in [3.8, 4) is 17.2 Å². The number of amides is 2. The Bertz CT molecular complexity index is 1060. The van der Waals surface area contributed by atoms with Crippen LogP contribution >= 0.6 is 0 Å². The zero-order valence-corrected chi connectivity index (χ0v) is 16.3. The lowest BCUT2D eigenvalue weighted by Crippen LogP contribution is -2.52. The molecule has 0 bridgehead atoms. The molecule has 0 saturated heterocycles. The van der Waals surface area contributed by atoms with E-state index in [1.807, 2.05) is 55.5 Å². The van der Waals surface area contributed by atoms with E-state index in [1.165, 1.54) is 0 Å². The molecule has 0 spiro atoms.